The summed E-state index contributed by atoms with van der Waals surface area (Å²) in [7, 11) is 0. The zero-order valence-electron chi connectivity index (χ0n) is 10.6. The van der Waals surface area contributed by atoms with Gasteiger partial charge in [0, 0.05) is 32.7 Å². The molecular weight excluding hydrogens is 218 g/mol. The second-order valence-electron chi connectivity index (χ2n) is 4.92. The Labute approximate surface area is 103 Å². The Bertz CT molecular complexity index is 254. The third kappa shape index (κ3) is 3.85. The van der Waals surface area contributed by atoms with Gasteiger partial charge in [0.2, 0.25) is 0 Å². The van der Waals surface area contributed by atoms with E-state index in [1.807, 2.05) is 4.90 Å². The minimum absolute atomic E-state index is 0.0494. The van der Waals surface area contributed by atoms with Crippen LogP contribution in [0.25, 0.3) is 0 Å². The molecule has 2 N–H and O–H groups in total. The first-order valence-electron chi connectivity index (χ1n) is 6.64. The number of urea groups is 1. The molecule has 0 saturated carbocycles. The SMILES string of the molecule is CC1CCCC(CNC(=O)N2CCNCC2)O1. The Morgan fingerprint density at radius 3 is 2.88 bits per heavy atom. The number of hydrogen-bond acceptors (Lipinski definition) is 3. The lowest BCUT2D eigenvalue weighted by Gasteiger charge is -2.30. The highest BCUT2D eigenvalue weighted by atomic mass is 16.5. The van der Waals surface area contributed by atoms with Gasteiger partial charge in [-0.15, -0.1) is 0 Å². The standard InChI is InChI=1S/C12H23N3O2/c1-10-3-2-4-11(17-10)9-14-12(16)15-7-5-13-6-8-15/h10-11,13H,2-9H2,1H3,(H,14,16). The van der Waals surface area contributed by atoms with Crippen molar-refractivity contribution >= 4 is 6.03 Å². The van der Waals surface area contributed by atoms with Crippen LogP contribution in [0.4, 0.5) is 4.79 Å². The van der Waals surface area contributed by atoms with E-state index >= 15 is 0 Å². The molecule has 2 aliphatic heterocycles. The topological polar surface area (TPSA) is 53.6 Å². The van der Waals surface area contributed by atoms with Crippen molar-refractivity contribution in [3.8, 4) is 0 Å². The number of rotatable bonds is 2. The highest BCUT2D eigenvalue weighted by Crippen LogP contribution is 2.17. The Balaban J connectivity index is 1.68. The zero-order valence-corrected chi connectivity index (χ0v) is 10.6. The molecule has 0 aromatic carbocycles. The van der Waals surface area contributed by atoms with Gasteiger partial charge < -0.3 is 20.3 Å². The molecule has 98 valence electrons. The fourth-order valence-electron chi connectivity index (χ4n) is 2.43. The predicted octanol–water partition coefficient (Wildman–Crippen LogP) is 0.559. The van der Waals surface area contributed by atoms with Crippen molar-refractivity contribution in [2.45, 2.75) is 38.4 Å². The second kappa shape index (κ2) is 6.21. The number of nitrogens with one attached hydrogen (secondary N) is 2. The fraction of sp³-hybridized carbons (Fsp3) is 0.917. The smallest absolute Gasteiger partial charge is 0.317 e. The zero-order chi connectivity index (χ0) is 12.1. The molecule has 17 heavy (non-hydrogen) atoms. The van der Waals surface area contributed by atoms with Crippen LogP contribution in [-0.4, -0.2) is 55.9 Å². The molecule has 2 fully saturated rings. The molecule has 2 heterocycles. The van der Waals surface area contributed by atoms with Crippen LogP contribution in [0.3, 0.4) is 0 Å². The van der Waals surface area contributed by atoms with Gasteiger partial charge in [-0.05, 0) is 26.2 Å². The molecule has 5 nitrogen and oxygen atoms in total. The van der Waals surface area contributed by atoms with E-state index < -0.39 is 0 Å². The number of carbonyl (C=O) groups excluding carboxylic acids is 1. The van der Waals surface area contributed by atoms with E-state index in [2.05, 4.69) is 17.6 Å². The molecule has 0 radical (unpaired) electrons. The van der Waals surface area contributed by atoms with Crippen LogP contribution >= 0.6 is 0 Å². The molecule has 2 unspecified atom stereocenters. The summed E-state index contributed by atoms with van der Waals surface area (Å²) in [5.74, 6) is 0. The maximum atomic E-state index is 11.9. The van der Waals surface area contributed by atoms with Crippen LogP contribution in [0.2, 0.25) is 0 Å². The van der Waals surface area contributed by atoms with Crippen LogP contribution in [0.1, 0.15) is 26.2 Å². The van der Waals surface area contributed by atoms with Crippen LogP contribution in [-0.2, 0) is 4.74 Å². The molecule has 2 rings (SSSR count). The van der Waals surface area contributed by atoms with Crippen LogP contribution in [0.15, 0.2) is 0 Å². The van der Waals surface area contributed by atoms with Crippen molar-refractivity contribution in [3.05, 3.63) is 0 Å². The number of hydrogen-bond donors (Lipinski definition) is 2. The maximum absolute atomic E-state index is 11.9. The average Bonchev–Trinajstić information content (AvgIpc) is 2.37. The number of ether oxygens (including phenoxy) is 1. The number of amides is 2. The van der Waals surface area contributed by atoms with Crippen molar-refractivity contribution in [2.24, 2.45) is 0 Å². The Morgan fingerprint density at radius 2 is 2.18 bits per heavy atom. The van der Waals surface area contributed by atoms with Crippen LogP contribution in [0.5, 0.6) is 0 Å². The summed E-state index contributed by atoms with van der Waals surface area (Å²) in [6.07, 6.45) is 3.94. The number of carbonyl (C=O) groups is 1. The Hall–Kier alpha value is -0.810. The third-order valence-electron chi connectivity index (χ3n) is 3.45. The summed E-state index contributed by atoms with van der Waals surface area (Å²) in [6.45, 7) is 6.13. The van der Waals surface area contributed by atoms with Crippen molar-refractivity contribution in [3.63, 3.8) is 0 Å². The highest BCUT2D eigenvalue weighted by molar-refractivity contribution is 5.74. The van der Waals surface area contributed by atoms with Crippen molar-refractivity contribution < 1.29 is 9.53 Å². The first kappa shape index (κ1) is 12.6. The molecule has 0 aromatic rings. The van der Waals surface area contributed by atoms with Crippen molar-refractivity contribution in [1.29, 1.82) is 0 Å². The second-order valence-corrected chi connectivity index (χ2v) is 4.92. The van der Waals surface area contributed by atoms with Gasteiger partial charge in [0.15, 0.2) is 0 Å². The summed E-state index contributed by atoms with van der Waals surface area (Å²) < 4.78 is 5.78. The third-order valence-corrected chi connectivity index (χ3v) is 3.45. The monoisotopic (exact) mass is 241 g/mol. The van der Waals surface area contributed by atoms with E-state index in [0.717, 1.165) is 39.0 Å². The van der Waals surface area contributed by atoms with Gasteiger partial charge in [-0.2, -0.15) is 0 Å². The van der Waals surface area contributed by atoms with E-state index in [1.165, 1.54) is 6.42 Å². The summed E-state index contributed by atoms with van der Waals surface area (Å²) in [5.41, 5.74) is 0. The molecule has 2 aliphatic rings. The van der Waals surface area contributed by atoms with Gasteiger partial charge in [-0.1, -0.05) is 0 Å². The van der Waals surface area contributed by atoms with Crippen LogP contribution in [0, 0.1) is 0 Å². The van der Waals surface area contributed by atoms with Gasteiger partial charge in [0.1, 0.15) is 0 Å². The minimum atomic E-state index is 0.0494. The maximum Gasteiger partial charge on any atom is 0.317 e. The molecule has 0 aliphatic carbocycles. The van der Waals surface area contributed by atoms with E-state index in [4.69, 9.17) is 4.74 Å². The Kier molecular flexibility index (Phi) is 4.62. The molecular formula is C12H23N3O2. The van der Waals surface area contributed by atoms with Gasteiger partial charge in [-0.3, -0.25) is 0 Å². The molecule has 0 aromatic heterocycles. The van der Waals surface area contributed by atoms with E-state index in [1.54, 1.807) is 0 Å². The molecule has 2 amide bonds. The molecule has 5 heteroatoms. The Morgan fingerprint density at radius 1 is 1.41 bits per heavy atom. The average molecular weight is 241 g/mol. The van der Waals surface area contributed by atoms with Crippen molar-refractivity contribution in [2.75, 3.05) is 32.7 Å². The van der Waals surface area contributed by atoms with Gasteiger partial charge in [-0.25, -0.2) is 4.79 Å². The van der Waals surface area contributed by atoms with E-state index in [-0.39, 0.29) is 12.1 Å². The normalized spacial score (nSPS) is 30.1. The quantitative estimate of drug-likeness (QED) is 0.742. The van der Waals surface area contributed by atoms with E-state index in [0.29, 0.717) is 12.6 Å². The summed E-state index contributed by atoms with van der Waals surface area (Å²) in [4.78, 5) is 13.7. The molecule has 0 spiro atoms. The van der Waals surface area contributed by atoms with Gasteiger partial charge >= 0.3 is 6.03 Å². The summed E-state index contributed by atoms with van der Waals surface area (Å²) in [6, 6.07) is 0.0494. The summed E-state index contributed by atoms with van der Waals surface area (Å²) in [5, 5.41) is 6.21. The summed E-state index contributed by atoms with van der Waals surface area (Å²) >= 11 is 0. The number of piperazine rings is 1. The molecule has 0 bridgehead atoms. The van der Waals surface area contributed by atoms with Crippen molar-refractivity contribution in [1.82, 2.24) is 15.5 Å². The molecule has 2 atom stereocenters. The first-order valence-corrected chi connectivity index (χ1v) is 6.64. The van der Waals surface area contributed by atoms with Crippen LogP contribution < -0.4 is 10.6 Å². The predicted molar refractivity (Wildman–Crippen MR) is 66.0 cm³/mol. The van der Waals surface area contributed by atoms with Gasteiger partial charge in [0.05, 0.1) is 12.2 Å². The fourth-order valence-corrected chi connectivity index (χ4v) is 2.43. The lowest BCUT2D eigenvalue weighted by Crippen LogP contribution is -2.51. The lowest BCUT2D eigenvalue weighted by atomic mass is 10.1. The highest BCUT2D eigenvalue weighted by Gasteiger charge is 2.21. The largest absolute Gasteiger partial charge is 0.373 e. The van der Waals surface area contributed by atoms with E-state index in [9.17, 15) is 4.79 Å². The lowest BCUT2D eigenvalue weighted by molar-refractivity contribution is -0.0372. The first-order chi connectivity index (χ1) is 8.25. The van der Waals surface area contributed by atoms with Gasteiger partial charge in [0.25, 0.3) is 0 Å². The minimum Gasteiger partial charge on any atom is -0.373 e. The molecule has 2 saturated heterocycles. The number of nitrogens with zero attached hydrogens (tertiary/aromatic N) is 1.